The number of methoxy groups -OCH3 is 1. The van der Waals surface area contributed by atoms with Gasteiger partial charge in [-0.2, -0.15) is 0 Å². The Labute approximate surface area is 133 Å². The fourth-order valence-electron chi connectivity index (χ4n) is 2.26. The SMILES string of the molecule is COc1ccc2occ(C(=O)Nc3ccc(C)cc3)c(=N)c2c1. The number of ether oxygens (including phenoxy) is 1. The summed E-state index contributed by atoms with van der Waals surface area (Å²) in [6, 6.07) is 12.6. The number of anilines is 1. The van der Waals surface area contributed by atoms with E-state index in [2.05, 4.69) is 5.32 Å². The van der Waals surface area contributed by atoms with Crippen LogP contribution in [0.15, 0.2) is 53.1 Å². The summed E-state index contributed by atoms with van der Waals surface area (Å²) in [5.74, 6) is 0.226. The van der Waals surface area contributed by atoms with Gasteiger partial charge in [0.15, 0.2) is 0 Å². The number of nitrogens with one attached hydrogen (secondary N) is 2. The van der Waals surface area contributed by atoms with Crippen molar-refractivity contribution in [1.29, 1.82) is 5.41 Å². The van der Waals surface area contributed by atoms with Crippen molar-refractivity contribution in [1.82, 2.24) is 0 Å². The van der Waals surface area contributed by atoms with Gasteiger partial charge in [-0.3, -0.25) is 10.2 Å². The van der Waals surface area contributed by atoms with Crippen molar-refractivity contribution in [2.24, 2.45) is 0 Å². The molecule has 116 valence electrons. The third kappa shape index (κ3) is 2.94. The Balaban J connectivity index is 1.98. The Morgan fingerprint density at radius 2 is 1.91 bits per heavy atom. The Hall–Kier alpha value is -3.08. The molecule has 0 aliphatic carbocycles. The van der Waals surface area contributed by atoms with Crippen LogP contribution < -0.4 is 15.4 Å². The zero-order valence-electron chi connectivity index (χ0n) is 12.8. The first-order valence-electron chi connectivity index (χ1n) is 7.10. The highest BCUT2D eigenvalue weighted by Crippen LogP contribution is 2.19. The highest BCUT2D eigenvalue weighted by Gasteiger charge is 2.13. The molecule has 0 atom stereocenters. The molecule has 3 rings (SSSR count). The van der Waals surface area contributed by atoms with Crippen LogP contribution in [-0.2, 0) is 0 Å². The van der Waals surface area contributed by atoms with Gasteiger partial charge in [0.2, 0.25) is 0 Å². The van der Waals surface area contributed by atoms with Crippen molar-refractivity contribution in [3.8, 4) is 5.75 Å². The van der Waals surface area contributed by atoms with Gasteiger partial charge in [-0.15, -0.1) is 0 Å². The van der Waals surface area contributed by atoms with E-state index >= 15 is 0 Å². The Kier molecular flexibility index (Phi) is 3.85. The number of rotatable bonds is 3. The molecule has 0 saturated heterocycles. The van der Waals surface area contributed by atoms with Crippen LogP contribution >= 0.6 is 0 Å². The average Bonchev–Trinajstić information content (AvgIpc) is 2.57. The van der Waals surface area contributed by atoms with Crippen molar-refractivity contribution in [2.45, 2.75) is 6.92 Å². The molecule has 5 heteroatoms. The molecule has 0 radical (unpaired) electrons. The summed E-state index contributed by atoms with van der Waals surface area (Å²) in [4.78, 5) is 12.4. The summed E-state index contributed by atoms with van der Waals surface area (Å²) in [5, 5.41) is 11.7. The molecule has 1 heterocycles. The number of benzene rings is 2. The van der Waals surface area contributed by atoms with Crippen molar-refractivity contribution in [2.75, 3.05) is 12.4 Å². The smallest absolute Gasteiger partial charge is 0.261 e. The first kappa shape index (κ1) is 14.8. The molecule has 0 aliphatic rings. The van der Waals surface area contributed by atoms with Crippen LogP contribution in [0, 0.1) is 12.3 Å². The minimum Gasteiger partial charge on any atom is -0.497 e. The minimum absolute atomic E-state index is 0.106. The quantitative estimate of drug-likeness (QED) is 0.777. The van der Waals surface area contributed by atoms with Gasteiger partial charge in [0, 0.05) is 11.1 Å². The van der Waals surface area contributed by atoms with Gasteiger partial charge < -0.3 is 14.5 Å². The fourth-order valence-corrected chi connectivity index (χ4v) is 2.26. The van der Waals surface area contributed by atoms with Crippen molar-refractivity contribution in [3.05, 3.63) is 65.2 Å². The van der Waals surface area contributed by atoms with Crippen LogP contribution in [0.1, 0.15) is 15.9 Å². The second-order valence-corrected chi connectivity index (χ2v) is 5.21. The monoisotopic (exact) mass is 308 g/mol. The van der Waals surface area contributed by atoms with E-state index < -0.39 is 0 Å². The first-order valence-corrected chi connectivity index (χ1v) is 7.10. The van der Waals surface area contributed by atoms with E-state index in [-0.39, 0.29) is 16.8 Å². The molecule has 0 bridgehead atoms. The van der Waals surface area contributed by atoms with E-state index in [9.17, 15) is 4.79 Å². The highest BCUT2D eigenvalue weighted by molar-refractivity contribution is 6.05. The van der Waals surface area contributed by atoms with E-state index in [0.29, 0.717) is 22.4 Å². The third-order valence-corrected chi connectivity index (χ3v) is 3.58. The maximum atomic E-state index is 12.4. The lowest BCUT2D eigenvalue weighted by molar-refractivity contribution is 0.102. The van der Waals surface area contributed by atoms with E-state index in [1.54, 1.807) is 25.3 Å². The molecule has 2 N–H and O–H groups in total. The molecule has 2 aromatic carbocycles. The maximum absolute atomic E-state index is 12.4. The van der Waals surface area contributed by atoms with E-state index in [1.165, 1.54) is 6.26 Å². The summed E-state index contributed by atoms with van der Waals surface area (Å²) in [6.45, 7) is 1.98. The Morgan fingerprint density at radius 1 is 1.17 bits per heavy atom. The molecule has 0 fully saturated rings. The largest absolute Gasteiger partial charge is 0.497 e. The van der Waals surface area contributed by atoms with Crippen LogP contribution in [-0.4, -0.2) is 13.0 Å². The maximum Gasteiger partial charge on any atom is 0.261 e. The second-order valence-electron chi connectivity index (χ2n) is 5.21. The molecular formula is C18H16N2O3. The molecular weight excluding hydrogens is 292 g/mol. The first-order chi connectivity index (χ1) is 11.1. The topological polar surface area (TPSA) is 75.3 Å². The van der Waals surface area contributed by atoms with E-state index in [1.807, 2.05) is 31.2 Å². The third-order valence-electron chi connectivity index (χ3n) is 3.58. The van der Waals surface area contributed by atoms with Crippen molar-refractivity contribution >= 4 is 22.6 Å². The summed E-state index contributed by atoms with van der Waals surface area (Å²) in [6.07, 6.45) is 1.31. The Morgan fingerprint density at radius 3 is 2.61 bits per heavy atom. The van der Waals surface area contributed by atoms with Gasteiger partial charge in [-0.05, 0) is 37.3 Å². The molecule has 0 saturated carbocycles. The summed E-state index contributed by atoms with van der Waals surface area (Å²) in [7, 11) is 1.55. The van der Waals surface area contributed by atoms with E-state index in [0.717, 1.165) is 5.56 Å². The van der Waals surface area contributed by atoms with E-state index in [4.69, 9.17) is 14.6 Å². The zero-order valence-corrected chi connectivity index (χ0v) is 12.8. The van der Waals surface area contributed by atoms with Gasteiger partial charge in [0.1, 0.15) is 23.2 Å². The lowest BCUT2D eigenvalue weighted by Crippen LogP contribution is -2.21. The standard InChI is InChI=1S/C18H16N2O3/c1-11-3-5-12(6-4-11)20-18(21)15-10-23-16-8-7-13(22-2)9-14(16)17(15)19/h3-10,19H,1-2H3,(H,20,21). The number of hydrogen-bond donors (Lipinski definition) is 2. The van der Waals surface area contributed by atoms with Crippen LogP contribution in [0.25, 0.3) is 11.0 Å². The minimum atomic E-state index is -0.382. The lowest BCUT2D eigenvalue weighted by atomic mass is 10.1. The Bertz CT molecular complexity index is 927. The van der Waals surface area contributed by atoms with Gasteiger partial charge in [0.25, 0.3) is 5.91 Å². The fraction of sp³-hybridized carbons (Fsp3) is 0.111. The van der Waals surface area contributed by atoms with Gasteiger partial charge >= 0.3 is 0 Å². The summed E-state index contributed by atoms with van der Waals surface area (Å²) >= 11 is 0. The van der Waals surface area contributed by atoms with Gasteiger partial charge in [-0.1, -0.05) is 17.7 Å². The number of carbonyl (C=O) groups excluding carboxylic acids is 1. The van der Waals surface area contributed by atoms with Crippen LogP contribution in [0.3, 0.4) is 0 Å². The molecule has 1 amide bonds. The molecule has 5 nitrogen and oxygen atoms in total. The summed E-state index contributed by atoms with van der Waals surface area (Å²) < 4.78 is 10.6. The highest BCUT2D eigenvalue weighted by atomic mass is 16.5. The van der Waals surface area contributed by atoms with Gasteiger partial charge in [0.05, 0.1) is 12.5 Å². The average molecular weight is 308 g/mol. The van der Waals surface area contributed by atoms with Crippen LogP contribution in [0.5, 0.6) is 5.75 Å². The van der Waals surface area contributed by atoms with Crippen LogP contribution in [0.4, 0.5) is 5.69 Å². The van der Waals surface area contributed by atoms with Crippen LogP contribution in [0.2, 0.25) is 0 Å². The van der Waals surface area contributed by atoms with Crippen molar-refractivity contribution in [3.63, 3.8) is 0 Å². The van der Waals surface area contributed by atoms with Gasteiger partial charge in [-0.25, -0.2) is 0 Å². The summed E-state index contributed by atoms with van der Waals surface area (Å²) in [5.41, 5.74) is 2.48. The molecule has 1 aromatic heterocycles. The normalized spacial score (nSPS) is 10.5. The number of hydrogen-bond acceptors (Lipinski definition) is 4. The molecule has 0 aliphatic heterocycles. The zero-order chi connectivity index (χ0) is 16.4. The number of amides is 1. The molecule has 3 aromatic rings. The number of aryl methyl sites for hydroxylation is 1. The number of carbonyl (C=O) groups is 1. The predicted octanol–water partition coefficient (Wildman–Crippen LogP) is 3.48. The molecule has 0 spiro atoms. The second kappa shape index (κ2) is 5.96. The number of fused-ring (bicyclic) bond motifs is 1. The molecule has 23 heavy (non-hydrogen) atoms. The lowest BCUT2D eigenvalue weighted by Gasteiger charge is -2.07. The molecule has 0 unspecified atom stereocenters. The van der Waals surface area contributed by atoms with Crippen molar-refractivity contribution < 1.29 is 13.9 Å². The predicted molar refractivity (Wildman–Crippen MR) is 87.8 cm³/mol.